The lowest BCUT2D eigenvalue weighted by Gasteiger charge is -2.03. The van der Waals surface area contributed by atoms with Gasteiger partial charge in [-0.05, 0) is 42.7 Å². The Kier molecular flexibility index (Phi) is 3.34. The molecular weight excluding hydrogens is 265 g/mol. The molecule has 0 aliphatic rings. The van der Waals surface area contributed by atoms with Crippen LogP contribution in [0, 0.1) is 12.7 Å². The topological polar surface area (TPSA) is 32.9 Å². The van der Waals surface area contributed by atoms with Crippen molar-refractivity contribution in [2.24, 2.45) is 0 Å². The minimum absolute atomic E-state index is 0.0856. The van der Waals surface area contributed by atoms with E-state index in [9.17, 15) is 9.18 Å². The summed E-state index contributed by atoms with van der Waals surface area (Å²) in [5, 5.41) is 0.918. The lowest BCUT2D eigenvalue weighted by atomic mass is 9.99. The van der Waals surface area contributed by atoms with Crippen molar-refractivity contribution >= 4 is 16.7 Å². The molecule has 0 saturated carbocycles. The highest BCUT2D eigenvalue weighted by Gasteiger charge is 2.16. The monoisotopic (exact) mass is 281 g/mol. The third-order valence-electron chi connectivity index (χ3n) is 3.85. The van der Waals surface area contributed by atoms with E-state index >= 15 is 0 Å². The lowest BCUT2D eigenvalue weighted by Crippen LogP contribution is -2.01. The number of hydrogen-bond acceptors (Lipinski definition) is 1. The standard InChI is InChI=1S/C18H16FNO/c1-3-12-5-4-6-14-15(10-20-17(12)14)18(21)13-7-8-16(19)11(2)9-13/h4-10,20H,3H2,1-2H3. The zero-order valence-corrected chi connectivity index (χ0v) is 12.0. The van der Waals surface area contributed by atoms with Crippen LogP contribution in [0.25, 0.3) is 10.9 Å². The highest BCUT2D eigenvalue weighted by molar-refractivity contribution is 6.16. The summed E-state index contributed by atoms with van der Waals surface area (Å²) in [6.07, 6.45) is 2.64. The number of H-pyrrole nitrogens is 1. The Morgan fingerprint density at radius 2 is 2.05 bits per heavy atom. The van der Waals surface area contributed by atoms with Gasteiger partial charge in [-0.15, -0.1) is 0 Å². The molecule has 1 aromatic heterocycles. The number of benzene rings is 2. The Morgan fingerprint density at radius 3 is 2.76 bits per heavy atom. The molecule has 0 radical (unpaired) electrons. The minimum atomic E-state index is -0.293. The second kappa shape index (κ2) is 5.17. The number of halogens is 1. The first-order valence-electron chi connectivity index (χ1n) is 7.01. The number of para-hydroxylation sites is 1. The van der Waals surface area contributed by atoms with Gasteiger partial charge in [0.15, 0.2) is 5.78 Å². The lowest BCUT2D eigenvalue weighted by molar-refractivity contribution is 0.104. The fourth-order valence-electron chi connectivity index (χ4n) is 2.64. The summed E-state index contributed by atoms with van der Waals surface area (Å²) < 4.78 is 13.3. The zero-order valence-electron chi connectivity index (χ0n) is 12.0. The van der Waals surface area contributed by atoms with Gasteiger partial charge in [0.2, 0.25) is 0 Å². The Bertz CT molecular complexity index is 832. The van der Waals surface area contributed by atoms with Gasteiger partial charge in [0.25, 0.3) is 0 Å². The predicted octanol–water partition coefficient (Wildman–Crippen LogP) is 4.41. The van der Waals surface area contributed by atoms with E-state index in [0.717, 1.165) is 17.3 Å². The molecule has 0 aliphatic heterocycles. The Balaban J connectivity index is 2.11. The normalized spacial score (nSPS) is 11.0. The van der Waals surface area contributed by atoms with Crippen molar-refractivity contribution < 1.29 is 9.18 Å². The Morgan fingerprint density at radius 1 is 1.24 bits per heavy atom. The fourth-order valence-corrected chi connectivity index (χ4v) is 2.64. The molecule has 0 unspecified atom stereocenters. The van der Waals surface area contributed by atoms with Crippen molar-refractivity contribution in [1.29, 1.82) is 0 Å². The van der Waals surface area contributed by atoms with E-state index < -0.39 is 0 Å². The third-order valence-corrected chi connectivity index (χ3v) is 3.85. The molecule has 2 nitrogen and oxygen atoms in total. The Hall–Kier alpha value is -2.42. The number of hydrogen-bond donors (Lipinski definition) is 1. The van der Waals surface area contributed by atoms with E-state index in [1.165, 1.54) is 17.7 Å². The highest BCUT2D eigenvalue weighted by Crippen LogP contribution is 2.24. The molecule has 3 aromatic rings. The van der Waals surface area contributed by atoms with Crippen LogP contribution < -0.4 is 0 Å². The molecular formula is C18H16FNO. The van der Waals surface area contributed by atoms with Crippen LogP contribution in [0.1, 0.15) is 34.0 Å². The van der Waals surface area contributed by atoms with Gasteiger partial charge in [0.05, 0.1) is 0 Å². The molecule has 3 heteroatoms. The van der Waals surface area contributed by atoms with Gasteiger partial charge < -0.3 is 4.98 Å². The molecule has 0 spiro atoms. The molecule has 1 N–H and O–H groups in total. The molecule has 21 heavy (non-hydrogen) atoms. The maximum Gasteiger partial charge on any atom is 0.195 e. The van der Waals surface area contributed by atoms with Crippen molar-refractivity contribution in [3.8, 4) is 0 Å². The molecule has 0 atom stereocenters. The minimum Gasteiger partial charge on any atom is -0.360 e. The van der Waals surface area contributed by atoms with Crippen LogP contribution in [-0.2, 0) is 6.42 Å². The molecule has 0 aliphatic carbocycles. The molecule has 0 saturated heterocycles. The summed E-state index contributed by atoms with van der Waals surface area (Å²) in [6.45, 7) is 3.75. The van der Waals surface area contributed by atoms with Gasteiger partial charge in [-0.3, -0.25) is 4.79 Å². The molecule has 2 aromatic carbocycles. The van der Waals surface area contributed by atoms with Crippen LogP contribution in [-0.4, -0.2) is 10.8 Å². The van der Waals surface area contributed by atoms with Gasteiger partial charge in [-0.25, -0.2) is 4.39 Å². The van der Waals surface area contributed by atoms with Crippen LogP contribution in [0.2, 0.25) is 0 Å². The number of ketones is 1. The van der Waals surface area contributed by atoms with E-state index in [1.54, 1.807) is 19.2 Å². The number of aromatic amines is 1. The molecule has 0 fully saturated rings. The van der Waals surface area contributed by atoms with Gasteiger partial charge in [-0.2, -0.15) is 0 Å². The molecule has 106 valence electrons. The first kappa shape index (κ1) is 13.6. The first-order valence-corrected chi connectivity index (χ1v) is 7.01. The van der Waals surface area contributed by atoms with E-state index in [-0.39, 0.29) is 11.6 Å². The fraction of sp³-hybridized carbons (Fsp3) is 0.167. The largest absolute Gasteiger partial charge is 0.360 e. The summed E-state index contributed by atoms with van der Waals surface area (Å²) in [4.78, 5) is 15.8. The van der Waals surface area contributed by atoms with Crippen LogP contribution >= 0.6 is 0 Å². The number of carbonyl (C=O) groups is 1. The molecule has 0 amide bonds. The van der Waals surface area contributed by atoms with E-state index in [4.69, 9.17) is 0 Å². The third kappa shape index (κ3) is 2.25. The predicted molar refractivity (Wildman–Crippen MR) is 82.2 cm³/mol. The van der Waals surface area contributed by atoms with Crippen molar-refractivity contribution in [2.75, 3.05) is 0 Å². The summed E-state index contributed by atoms with van der Waals surface area (Å²) >= 11 is 0. The van der Waals surface area contributed by atoms with Crippen LogP contribution in [0.15, 0.2) is 42.6 Å². The summed E-state index contributed by atoms with van der Waals surface area (Å²) in [6, 6.07) is 10.4. The second-order valence-electron chi connectivity index (χ2n) is 5.19. The van der Waals surface area contributed by atoms with Gasteiger partial charge in [0, 0.05) is 28.2 Å². The van der Waals surface area contributed by atoms with Gasteiger partial charge in [-0.1, -0.05) is 25.1 Å². The smallest absolute Gasteiger partial charge is 0.195 e. The average molecular weight is 281 g/mol. The maximum atomic E-state index is 13.3. The maximum absolute atomic E-state index is 13.3. The Labute approximate surface area is 122 Å². The van der Waals surface area contributed by atoms with Crippen molar-refractivity contribution in [1.82, 2.24) is 4.98 Å². The van der Waals surface area contributed by atoms with Crippen molar-refractivity contribution in [3.63, 3.8) is 0 Å². The number of aryl methyl sites for hydroxylation is 2. The van der Waals surface area contributed by atoms with Crippen LogP contribution in [0.4, 0.5) is 4.39 Å². The van der Waals surface area contributed by atoms with E-state index in [1.807, 2.05) is 12.1 Å². The van der Waals surface area contributed by atoms with Crippen LogP contribution in [0.3, 0.4) is 0 Å². The first-order chi connectivity index (χ1) is 10.1. The van der Waals surface area contributed by atoms with E-state index in [0.29, 0.717) is 16.7 Å². The highest BCUT2D eigenvalue weighted by atomic mass is 19.1. The molecule has 0 bridgehead atoms. The summed E-state index contributed by atoms with van der Waals surface area (Å²) in [5.41, 5.74) is 3.81. The SMILES string of the molecule is CCc1cccc2c(C(=O)c3ccc(F)c(C)c3)c[nH]c12. The zero-order chi connectivity index (χ0) is 15.0. The van der Waals surface area contributed by atoms with Crippen LogP contribution in [0.5, 0.6) is 0 Å². The summed E-state index contributed by atoms with van der Waals surface area (Å²) in [7, 11) is 0. The number of fused-ring (bicyclic) bond motifs is 1. The second-order valence-corrected chi connectivity index (χ2v) is 5.19. The molecule has 1 heterocycles. The molecule has 3 rings (SSSR count). The van der Waals surface area contributed by atoms with Gasteiger partial charge in [0.1, 0.15) is 5.82 Å². The van der Waals surface area contributed by atoms with Crippen molar-refractivity contribution in [3.05, 3.63) is 70.7 Å². The number of nitrogens with one attached hydrogen (secondary N) is 1. The number of rotatable bonds is 3. The number of carbonyl (C=O) groups excluding carboxylic acids is 1. The van der Waals surface area contributed by atoms with Gasteiger partial charge >= 0.3 is 0 Å². The average Bonchev–Trinajstić information content (AvgIpc) is 2.93. The number of aromatic nitrogens is 1. The van der Waals surface area contributed by atoms with Crippen molar-refractivity contribution in [2.45, 2.75) is 20.3 Å². The van der Waals surface area contributed by atoms with E-state index in [2.05, 4.69) is 18.0 Å². The summed E-state index contributed by atoms with van der Waals surface area (Å²) in [5.74, 6) is -0.378. The quantitative estimate of drug-likeness (QED) is 0.709.